The first kappa shape index (κ1) is 28.1. The van der Waals surface area contributed by atoms with Gasteiger partial charge in [0, 0.05) is 11.4 Å². The third-order valence-electron chi connectivity index (χ3n) is 6.04. The van der Waals surface area contributed by atoms with E-state index in [0.29, 0.717) is 0 Å². The van der Waals surface area contributed by atoms with E-state index >= 15 is 0 Å². The molecule has 6 heteroatoms. The average Bonchev–Trinajstić information content (AvgIpc) is 2.73. The van der Waals surface area contributed by atoms with Crippen LogP contribution in [0.1, 0.15) is 66.5 Å². The number of aryl methyl sites for hydroxylation is 6. The third-order valence-corrected chi connectivity index (χ3v) is 6.04. The molecule has 1 fully saturated rings. The van der Waals surface area contributed by atoms with E-state index in [2.05, 4.69) is 79.7 Å². The van der Waals surface area contributed by atoms with Crippen molar-refractivity contribution in [3.05, 3.63) is 57.6 Å². The molecule has 2 aromatic rings. The molecular formula is C27H36Cl2FeN2O. The Morgan fingerprint density at radius 1 is 0.727 bits per heavy atom. The van der Waals surface area contributed by atoms with Crippen LogP contribution in [0.15, 0.2) is 34.3 Å². The maximum absolute atomic E-state index is 6.50. The summed E-state index contributed by atoms with van der Waals surface area (Å²) < 4.78 is 6.50. The normalized spacial score (nSPS) is 19.3. The molecule has 0 bridgehead atoms. The fourth-order valence-electron chi connectivity index (χ4n) is 4.63. The van der Waals surface area contributed by atoms with Crippen molar-refractivity contribution < 1.29 is 17.9 Å². The molecule has 33 heavy (non-hydrogen) atoms. The average molecular weight is 531 g/mol. The van der Waals surface area contributed by atoms with E-state index in [9.17, 15) is 0 Å². The minimum atomic E-state index is 0.0502. The molecule has 0 saturated carbocycles. The summed E-state index contributed by atoms with van der Waals surface area (Å²) in [6.45, 7) is 17.0. The molecular weight excluding hydrogens is 495 g/mol. The van der Waals surface area contributed by atoms with Crippen molar-refractivity contribution in [2.75, 3.05) is 0 Å². The van der Waals surface area contributed by atoms with Crippen LogP contribution < -0.4 is 0 Å². The molecule has 3 nitrogen and oxygen atoms in total. The van der Waals surface area contributed by atoms with Crippen molar-refractivity contribution in [3.63, 3.8) is 0 Å². The predicted octanol–water partition coefficient (Wildman–Crippen LogP) is 8.74. The molecule has 1 aliphatic rings. The van der Waals surface area contributed by atoms with Crippen LogP contribution in [0.3, 0.4) is 0 Å². The van der Waals surface area contributed by atoms with E-state index in [4.69, 9.17) is 34.9 Å². The number of benzene rings is 2. The van der Waals surface area contributed by atoms with E-state index in [-0.39, 0.29) is 25.3 Å². The van der Waals surface area contributed by atoms with Gasteiger partial charge in [0.1, 0.15) is 0 Å². The van der Waals surface area contributed by atoms with Gasteiger partial charge in [-0.05, 0) is 96.9 Å². The summed E-state index contributed by atoms with van der Waals surface area (Å²) in [5.41, 5.74) is 11.7. The van der Waals surface area contributed by atoms with Crippen LogP contribution in [0.5, 0.6) is 0 Å². The minimum absolute atomic E-state index is 0.0502. The zero-order chi connectivity index (χ0) is 24.7. The topological polar surface area (TPSA) is 34.0 Å². The van der Waals surface area contributed by atoms with E-state index in [0.717, 1.165) is 42.1 Å². The number of nitrogens with zero attached hydrogens (tertiary/aromatic N) is 2. The molecule has 0 amide bonds. The molecule has 1 heterocycles. The van der Waals surface area contributed by atoms with Crippen molar-refractivity contribution in [2.24, 2.45) is 9.98 Å². The van der Waals surface area contributed by atoms with E-state index in [1.807, 2.05) is 0 Å². The van der Waals surface area contributed by atoms with Crippen molar-refractivity contribution in [1.29, 1.82) is 0 Å². The van der Waals surface area contributed by atoms with E-state index < -0.39 is 0 Å². The number of hydrogen-bond donors (Lipinski definition) is 0. The standard InChI is InChI=1S/C27H36N2O.2ClH.Fe/c1-16-12-18(3)26(19(4)13-16)28-22(7)24-10-9-11-25(30-24)23(8)29-27-20(5)14-17(2)15-21(27)6;;;/h12-15,24-25H,9-11H2,1-8H3;2*1H;/q;;;+2/p-2. The van der Waals surface area contributed by atoms with E-state index in [1.165, 1.54) is 33.4 Å². The number of rotatable bonds is 4. The summed E-state index contributed by atoms with van der Waals surface area (Å²) in [7, 11) is 9.53. The number of hydrogen-bond acceptors (Lipinski definition) is 3. The predicted molar refractivity (Wildman–Crippen MR) is 141 cm³/mol. The second-order valence-corrected chi connectivity index (χ2v) is 10.9. The first-order valence-electron chi connectivity index (χ1n) is 11.3. The summed E-state index contributed by atoms with van der Waals surface area (Å²) in [4.78, 5) is 9.98. The van der Waals surface area contributed by atoms with Crippen LogP contribution >= 0.6 is 20.2 Å². The second kappa shape index (κ2) is 13.1. The Morgan fingerprint density at radius 2 is 1.03 bits per heavy atom. The molecule has 0 aliphatic carbocycles. The zero-order valence-corrected chi connectivity index (χ0v) is 23.6. The van der Waals surface area contributed by atoms with Crippen molar-refractivity contribution in [3.8, 4) is 0 Å². The fourth-order valence-corrected chi connectivity index (χ4v) is 4.63. The number of aliphatic imine (C=N–C) groups is 2. The van der Waals surface area contributed by atoms with Crippen molar-refractivity contribution in [2.45, 2.75) is 86.9 Å². The van der Waals surface area contributed by atoms with Crippen molar-refractivity contribution in [1.82, 2.24) is 0 Å². The molecule has 182 valence electrons. The molecule has 0 N–H and O–H groups in total. The fraction of sp³-hybridized carbons (Fsp3) is 0.481. The van der Waals surface area contributed by atoms with Gasteiger partial charge in [0.15, 0.2) is 0 Å². The molecule has 0 spiro atoms. The van der Waals surface area contributed by atoms with Gasteiger partial charge in [-0.1, -0.05) is 35.4 Å². The van der Waals surface area contributed by atoms with E-state index in [1.54, 1.807) is 0 Å². The molecule has 2 unspecified atom stereocenters. The first-order chi connectivity index (χ1) is 15.6. The van der Waals surface area contributed by atoms with Gasteiger partial charge in [-0.15, -0.1) is 0 Å². The van der Waals surface area contributed by atoms with Gasteiger partial charge in [0.2, 0.25) is 0 Å². The van der Waals surface area contributed by atoms with Crippen LogP contribution in [-0.4, -0.2) is 23.6 Å². The summed E-state index contributed by atoms with van der Waals surface area (Å²) in [5.74, 6) is 0. The number of ether oxygens (including phenoxy) is 1. The van der Waals surface area contributed by atoms with Crippen LogP contribution in [0.4, 0.5) is 11.4 Å². The SMILES string of the molecule is CC(=Nc1c(C)cc(C)cc1C)C1CCCC(C(C)=Nc2c(C)cc(C)cc2C)O1.[Cl][Fe][Cl]. The molecule has 1 aliphatic heterocycles. The monoisotopic (exact) mass is 530 g/mol. The summed E-state index contributed by atoms with van der Waals surface area (Å²) >= 11 is 0.194. The Labute approximate surface area is 214 Å². The van der Waals surface area contributed by atoms with Gasteiger partial charge in [-0.25, -0.2) is 0 Å². The van der Waals surface area contributed by atoms with Gasteiger partial charge in [-0.2, -0.15) is 0 Å². The van der Waals surface area contributed by atoms with Crippen molar-refractivity contribution >= 4 is 43.0 Å². The van der Waals surface area contributed by atoms with Gasteiger partial charge < -0.3 is 4.74 Å². The molecule has 0 aromatic heterocycles. The molecule has 0 radical (unpaired) electrons. The van der Waals surface area contributed by atoms with Gasteiger partial charge in [-0.3, -0.25) is 9.98 Å². The van der Waals surface area contributed by atoms with Gasteiger partial charge >= 0.3 is 33.3 Å². The Balaban J connectivity index is 0.00000122. The molecule has 2 aromatic carbocycles. The summed E-state index contributed by atoms with van der Waals surface area (Å²) in [6, 6.07) is 8.80. The van der Waals surface area contributed by atoms with Crippen LogP contribution in [0.25, 0.3) is 0 Å². The zero-order valence-electron chi connectivity index (χ0n) is 21.0. The quantitative estimate of drug-likeness (QED) is 0.287. The Kier molecular flexibility index (Phi) is 11.1. The number of halogens is 2. The van der Waals surface area contributed by atoms with Gasteiger partial charge in [0.25, 0.3) is 0 Å². The summed E-state index contributed by atoms with van der Waals surface area (Å²) in [6.07, 6.45) is 3.27. The maximum atomic E-state index is 6.50. The van der Waals surface area contributed by atoms with Crippen LogP contribution in [-0.2, 0) is 17.9 Å². The first-order valence-corrected chi connectivity index (χ1v) is 14.4. The second-order valence-electron chi connectivity index (χ2n) is 9.10. The summed E-state index contributed by atoms with van der Waals surface area (Å²) in [5, 5.41) is 0. The Hall–Kier alpha value is -1.16. The van der Waals surface area contributed by atoms with Gasteiger partial charge in [0.05, 0.1) is 23.6 Å². The third kappa shape index (κ3) is 7.94. The Bertz CT molecular complexity index is 907. The Morgan fingerprint density at radius 3 is 1.33 bits per heavy atom. The van der Waals surface area contributed by atoms with Crippen LogP contribution in [0, 0.1) is 41.5 Å². The van der Waals surface area contributed by atoms with Crippen LogP contribution in [0.2, 0.25) is 0 Å². The molecule has 2 atom stereocenters. The molecule has 3 rings (SSSR count). The molecule has 1 saturated heterocycles.